The maximum absolute atomic E-state index is 2.52. The van der Waals surface area contributed by atoms with E-state index in [1.165, 1.54) is 77.7 Å². The fourth-order valence-electron chi connectivity index (χ4n) is 12.8. The first-order valence-corrected chi connectivity index (χ1v) is 26.3. The third-order valence-corrected chi connectivity index (χ3v) is 16.0. The number of para-hydroxylation sites is 6. The van der Waals surface area contributed by atoms with Crippen LogP contribution >= 0.6 is 0 Å². The van der Waals surface area contributed by atoms with Crippen LogP contribution < -0.4 is 9.80 Å². The molecule has 1 aromatic heterocycles. The Bertz CT molecular complexity index is 4240. The van der Waals surface area contributed by atoms with E-state index in [9.17, 15) is 0 Å². The van der Waals surface area contributed by atoms with Crippen LogP contribution in [-0.2, 0) is 5.41 Å². The van der Waals surface area contributed by atoms with Gasteiger partial charge in [-0.2, -0.15) is 0 Å². The monoisotopic (exact) mass is 967 g/mol. The lowest BCUT2D eigenvalue weighted by atomic mass is 9.64. The van der Waals surface area contributed by atoms with Crippen molar-refractivity contribution in [3.8, 4) is 50.2 Å². The van der Waals surface area contributed by atoms with Gasteiger partial charge in [0.05, 0.1) is 39.2 Å². The molecule has 2 aliphatic rings. The zero-order valence-electron chi connectivity index (χ0n) is 41.6. The van der Waals surface area contributed by atoms with Crippen molar-refractivity contribution in [1.29, 1.82) is 0 Å². The van der Waals surface area contributed by atoms with Crippen LogP contribution in [-0.4, -0.2) is 4.57 Å². The van der Waals surface area contributed by atoms with Gasteiger partial charge in [-0.15, -0.1) is 0 Å². The largest absolute Gasteiger partial charge is 0.310 e. The van der Waals surface area contributed by atoms with Crippen LogP contribution in [0.2, 0.25) is 0 Å². The van der Waals surface area contributed by atoms with Gasteiger partial charge in [-0.25, -0.2) is 0 Å². The van der Waals surface area contributed by atoms with Crippen molar-refractivity contribution in [2.24, 2.45) is 0 Å². The fourth-order valence-corrected chi connectivity index (χ4v) is 12.8. The smallest absolute Gasteiger partial charge is 0.0755 e. The van der Waals surface area contributed by atoms with Gasteiger partial charge in [-0.05, 0) is 134 Å². The predicted molar refractivity (Wildman–Crippen MR) is 317 cm³/mol. The zero-order valence-corrected chi connectivity index (χ0v) is 41.6. The molecule has 0 atom stereocenters. The van der Waals surface area contributed by atoms with Gasteiger partial charge in [-0.3, -0.25) is 0 Å². The van der Waals surface area contributed by atoms with Gasteiger partial charge in [0.2, 0.25) is 0 Å². The SMILES string of the molecule is c1ccc(-c2cccc(-c3ccccc3N(c3ccc(-c4ccc(-n5c6ccccc6c6ccccc65)cc4)cc3)c3cccc4c3-c3ccccc3C43c4ccccc4N(c4ccccc4)c4ccccc43)c2)cc1. The molecule has 13 aromatic rings. The highest BCUT2D eigenvalue weighted by atomic mass is 15.2. The van der Waals surface area contributed by atoms with Gasteiger partial charge < -0.3 is 14.4 Å². The van der Waals surface area contributed by atoms with Crippen molar-refractivity contribution < 1.29 is 0 Å². The average molecular weight is 968 g/mol. The second kappa shape index (κ2) is 17.6. The first-order valence-electron chi connectivity index (χ1n) is 26.3. The summed E-state index contributed by atoms with van der Waals surface area (Å²) in [4.78, 5) is 4.97. The zero-order chi connectivity index (χ0) is 50.2. The van der Waals surface area contributed by atoms with Crippen molar-refractivity contribution in [1.82, 2.24) is 4.57 Å². The number of anilines is 6. The maximum atomic E-state index is 2.52. The second-order valence-corrected chi connectivity index (χ2v) is 20.0. The summed E-state index contributed by atoms with van der Waals surface area (Å²) in [5.41, 5.74) is 24.3. The number of rotatable bonds is 8. The summed E-state index contributed by atoms with van der Waals surface area (Å²) in [7, 11) is 0. The number of hydrogen-bond acceptors (Lipinski definition) is 2. The lowest BCUT2D eigenvalue weighted by Crippen LogP contribution is -2.36. The quantitative estimate of drug-likeness (QED) is 0.150. The van der Waals surface area contributed by atoms with E-state index < -0.39 is 5.41 Å². The van der Waals surface area contributed by atoms with E-state index in [0.29, 0.717) is 0 Å². The Hall–Kier alpha value is -9.96. The molecule has 2 heterocycles. The Labute approximate surface area is 443 Å². The molecule has 0 amide bonds. The van der Waals surface area contributed by atoms with Crippen LogP contribution in [0.5, 0.6) is 0 Å². The summed E-state index contributed by atoms with van der Waals surface area (Å²) in [6.45, 7) is 0. The predicted octanol–water partition coefficient (Wildman–Crippen LogP) is 19.4. The molecule has 3 heteroatoms. The van der Waals surface area contributed by atoms with Gasteiger partial charge in [0.15, 0.2) is 0 Å². The Kier molecular flexibility index (Phi) is 10.1. The number of aromatic nitrogens is 1. The van der Waals surface area contributed by atoms with E-state index in [1.54, 1.807) is 0 Å². The average Bonchev–Trinajstić information content (AvgIpc) is 4.21. The van der Waals surface area contributed by atoms with E-state index in [2.05, 4.69) is 312 Å². The van der Waals surface area contributed by atoms with E-state index in [0.717, 1.165) is 50.7 Å². The summed E-state index contributed by atoms with van der Waals surface area (Å²) in [6.07, 6.45) is 0. The van der Waals surface area contributed by atoms with Gasteiger partial charge in [0, 0.05) is 39.0 Å². The lowest BCUT2D eigenvalue weighted by molar-refractivity contribution is 0.752. The molecular weight excluding hydrogens is 919 g/mol. The molecule has 1 spiro atoms. The summed E-state index contributed by atoms with van der Waals surface area (Å²) in [5, 5.41) is 2.53. The third kappa shape index (κ3) is 6.62. The summed E-state index contributed by atoms with van der Waals surface area (Å²) < 4.78 is 2.38. The minimum Gasteiger partial charge on any atom is -0.310 e. The molecule has 0 unspecified atom stereocenters. The molecule has 15 rings (SSSR count). The Morgan fingerprint density at radius 2 is 0.763 bits per heavy atom. The van der Waals surface area contributed by atoms with Crippen LogP contribution in [0.3, 0.4) is 0 Å². The van der Waals surface area contributed by atoms with Crippen molar-refractivity contribution in [2.75, 3.05) is 9.80 Å². The van der Waals surface area contributed by atoms with Crippen molar-refractivity contribution in [2.45, 2.75) is 5.41 Å². The van der Waals surface area contributed by atoms with Crippen LogP contribution in [0, 0.1) is 0 Å². The highest BCUT2D eigenvalue weighted by Crippen LogP contribution is 2.65. The minimum absolute atomic E-state index is 0.606. The highest BCUT2D eigenvalue weighted by Gasteiger charge is 2.52. The van der Waals surface area contributed by atoms with Crippen LogP contribution in [0.1, 0.15) is 22.3 Å². The molecule has 0 saturated heterocycles. The van der Waals surface area contributed by atoms with E-state index in [4.69, 9.17) is 0 Å². The molecule has 12 aromatic carbocycles. The molecule has 0 bridgehead atoms. The topological polar surface area (TPSA) is 11.4 Å². The van der Waals surface area contributed by atoms with Gasteiger partial charge >= 0.3 is 0 Å². The molecule has 356 valence electrons. The molecule has 0 saturated carbocycles. The number of benzene rings is 12. The van der Waals surface area contributed by atoms with Crippen LogP contribution in [0.15, 0.2) is 297 Å². The van der Waals surface area contributed by atoms with E-state index in [-0.39, 0.29) is 0 Å². The van der Waals surface area contributed by atoms with Gasteiger partial charge in [0.1, 0.15) is 0 Å². The van der Waals surface area contributed by atoms with Crippen molar-refractivity contribution in [3.63, 3.8) is 0 Å². The van der Waals surface area contributed by atoms with Crippen molar-refractivity contribution in [3.05, 3.63) is 320 Å². The number of nitrogens with zero attached hydrogens (tertiary/aromatic N) is 3. The Morgan fingerprint density at radius 3 is 1.45 bits per heavy atom. The summed E-state index contributed by atoms with van der Waals surface area (Å²) in [6, 6.07) is 109. The Morgan fingerprint density at radius 1 is 0.289 bits per heavy atom. The molecule has 0 fully saturated rings. The minimum atomic E-state index is -0.606. The first-order chi connectivity index (χ1) is 37.7. The lowest BCUT2D eigenvalue weighted by Gasteiger charge is -2.45. The third-order valence-electron chi connectivity index (χ3n) is 16.0. The number of hydrogen-bond donors (Lipinski definition) is 0. The van der Waals surface area contributed by atoms with Crippen molar-refractivity contribution >= 4 is 55.9 Å². The molecule has 0 radical (unpaired) electrons. The van der Waals surface area contributed by atoms with Crippen LogP contribution in [0.25, 0.3) is 72.0 Å². The molecule has 3 nitrogen and oxygen atoms in total. The van der Waals surface area contributed by atoms with Gasteiger partial charge in [0.25, 0.3) is 0 Å². The maximum Gasteiger partial charge on any atom is 0.0755 e. The normalized spacial score (nSPS) is 12.8. The molecule has 0 N–H and O–H groups in total. The summed E-state index contributed by atoms with van der Waals surface area (Å²) in [5.74, 6) is 0. The molecule has 76 heavy (non-hydrogen) atoms. The van der Waals surface area contributed by atoms with E-state index in [1.807, 2.05) is 0 Å². The molecule has 1 aliphatic carbocycles. The molecular formula is C73H49N3. The molecule has 1 aliphatic heterocycles. The Balaban J connectivity index is 0.923. The van der Waals surface area contributed by atoms with Gasteiger partial charge in [-0.1, -0.05) is 218 Å². The standard InChI is InChI=1S/C73H49N3/c1-3-21-50(22-4-1)53-23-19-24-54(49-53)58-27-8-14-35-66(58)75(57-47-43-52(44-48-57)51-41-45-56(46-42-51)74-67-36-15-9-28-59(67)60-29-10-16-37-68(60)74)71-40-20-34-65-72(71)61-30-7-11-31-62(61)73(65)63-32-12-17-38-69(63)76(55-25-5-2-6-26-55)70-39-18-13-33-64(70)73/h1-49H. The number of fused-ring (bicyclic) bond motifs is 12. The fraction of sp³-hybridized carbons (Fsp3) is 0.0137. The second-order valence-electron chi connectivity index (χ2n) is 20.0. The van der Waals surface area contributed by atoms with E-state index >= 15 is 0 Å². The van der Waals surface area contributed by atoms with Crippen LogP contribution in [0.4, 0.5) is 34.1 Å². The summed E-state index contributed by atoms with van der Waals surface area (Å²) >= 11 is 0. The first kappa shape index (κ1) is 43.6. The highest BCUT2D eigenvalue weighted by molar-refractivity contribution is 6.09.